The maximum atomic E-state index is 12.7. The third-order valence-electron chi connectivity index (χ3n) is 5.39. The second-order valence-corrected chi connectivity index (χ2v) is 7.84. The molecule has 0 saturated carbocycles. The molecule has 0 aromatic carbocycles. The summed E-state index contributed by atoms with van der Waals surface area (Å²) < 4.78 is 5.38. The number of hydrogen-bond donors (Lipinski definition) is 0. The van der Waals surface area contributed by atoms with E-state index in [0.29, 0.717) is 19.4 Å². The number of carbonyl (C=O) groups excluding carboxylic acids is 3. The van der Waals surface area contributed by atoms with Crippen LogP contribution in [0.1, 0.15) is 66.7 Å². The van der Waals surface area contributed by atoms with Crippen LogP contribution in [0.4, 0.5) is 0 Å². The van der Waals surface area contributed by atoms with Crippen molar-refractivity contribution in [3.8, 4) is 0 Å². The number of esters is 1. The molecule has 5 nitrogen and oxygen atoms in total. The minimum Gasteiger partial charge on any atom is -0.460 e. The molecule has 0 unspecified atom stereocenters. The second kappa shape index (κ2) is 13.0. The molecule has 166 valence electrons. The number of carbonyl (C=O) groups is 3. The van der Waals surface area contributed by atoms with E-state index in [2.05, 4.69) is 12.2 Å². The van der Waals surface area contributed by atoms with Crippen molar-refractivity contribution < 1.29 is 19.1 Å². The summed E-state index contributed by atoms with van der Waals surface area (Å²) in [6, 6.07) is -0.674. The molecule has 30 heavy (non-hydrogen) atoms. The van der Waals surface area contributed by atoms with Gasteiger partial charge in [0.25, 0.3) is 5.91 Å². The zero-order valence-corrected chi connectivity index (χ0v) is 19.1. The molecular formula is C25H37NO4. The van der Waals surface area contributed by atoms with Crippen LogP contribution in [0.25, 0.3) is 0 Å². The van der Waals surface area contributed by atoms with E-state index in [1.807, 2.05) is 45.1 Å². The van der Waals surface area contributed by atoms with Crippen molar-refractivity contribution in [1.82, 2.24) is 4.90 Å². The summed E-state index contributed by atoms with van der Waals surface area (Å²) in [7, 11) is 0. The molecule has 5 heteroatoms. The molecule has 0 radical (unpaired) electrons. The van der Waals surface area contributed by atoms with E-state index < -0.39 is 29.1 Å². The van der Waals surface area contributed by atoms with Crippen molar-refractivity contribution in [1.29, 1.82) is 0 Å². The van der Waals surface area contributed by atoms with Crippen LogP contribution >= 0.6 is 0 Å². The van der Waals surface area contributed by atoms with Crippen molar-refractivity contribution in [3.05, 3.63) is 48.1 Å². The molecule has 0 bridgehead atoms. The lowest BCUT2D eigenvalue weighted by Crippen LogP contribution is -2.53. The largest absolute Gasteiger partial charge is 0.460 e. The number of likely N-dealkylation sites (tertiary alicyclic amines) is 1. The van der Waals surface area contributed by atoms with Crippen molar-refractivity contribution in [2.45, 2.75) is 72.8 Å². The van der Waals surface area contributed by atoms with Gasteiger partial charge >= 0.3 is 5.97 Å². The predicted molar refractivity (Wildman–Crippen MR) is 121 cm³/mol. The Morgan fingerprint density at radius 3 is 2.63 bits per heavy atom. The van der Waals surface area contributed by atoms with E-state index in [1.54, 1.807) is 19.9 Å². The molecule has 1 atom stereocenters. The quantitative estimate of drug-likeness (QED) is 0.436. The molecule has 1 heterocycles. The molecule has 1 fully saturated rings. The first kappa shape index (κ1) is 25.6. The fourth-order valence-corrected chi connectivity index (χ4v) is 3.13. The smallest absolute Gasteiger partial charge is 0.329 e. The van der Waals surface area contributed by atoms with Crippen LogP contribution < -0.4 is 0 Å². The lowest BCUT2D eigenvalue weighted by Gasteiger charge is -2.35. The highest BCUT2D eigenvalue weighted by molar-refractivity contribution is 6.38. The maximum Gasteiger partial charge on any atom is 0.329 e. The zero-order chi connectivity index (χ0) is 22.6. The zero-order valence-electron chi connectivity index (χ0n) is 19.1. The van der Waals surface area contributed by atoms with Crippen molar-refractivity contribution in [2.75, 3.05) is 13.2 Å². The SMILES string of the molecule is CC.CCC(C)(C)C(=O)C(=O)N1CCCC[C@H]1C(=O)OC/C=C/C1=CCC=CC=C1. The van der Waals surface area contributed by atoms with Gasteiger partial charge in [-0.15, -0.1) is 0 Å². The van der Waals surface area contributed by atoms with E-state index in [4.69, 9.17) is 4.74 Å². The number of allylic oxidation sites excluding steroid dienone is 7. The van der Waals surface area contributed by atoms with Crippen LogP contribution in [-0.4, -0.2) is 41.8 Å². The van der Waals surface area contributed by atoms with Crippen molar-refractivity contribution >= 4 is 17.7 Å². The Hall–Kier alpha value is -2.43. The summed E-state index contributed by atoms with van der Waals surface area (Å²) in [6.07, 6.45) is 17.4. The molecule has 2 aliphatic rings. The molecular weight excluding hydrogens is 378 g/mol. The van der Waals surface area contributed by atoms with E-state index in [0.717, 1.165) is 24.8 Å². The highest BCUT2D eigenvalue weighted by atomic mass is 16.5. The summed E-state index contributed by atoms with van der Waals surface area (Å²) in [4.78, 5) is 39.3. The molecule has 0 aromatic heterocycles. The number of hydrogen-bond acceptors (Lipinski definition) is 4. The summed E-state index contributed by atoms with van der Waals surface area (Å²) >= 11 is 0. The Labute approximate surface area is 181 Å². The summed E-state index contributed by atoms with van der Waals surface area (Å²) in [6.45, 7) is 9.98. The van der Waals surface area contributed by atoms with Gasteiger partial charge in [-0.25, -0.2) is 4.79 Å². The minimum atomic E-state index is -0.722. The Morgan fingerprint density at radius 2 is 1.93 bits per heavy atom. The highest BCUT2D eigenvalue weighted by Crippen LogP contribution is 2.25. The number of rotatable bonds is 7. The van der Waals surface area contributed by atoms with Crippen molar-refractivity contribution in [2.24, 2.45) is 5.41 Å². The van der Waals surface area contributed by atoms with E-state index >= 15 is 0 Å². The first-order valence-electron chi connectivity index (χ1n) is 11.1. The molecule has 0 spiro atoms. The van der Waals surface area contributed by atoms with Crippen LogP contribution in [0.3, 0.4) is 0 Å². The maximum absolute atomic E-state index is 12.7. The molecule has 2 rings (SSSR count). The molecule has 1 aliphatic carbocycles. The second-order valence-electron chi connectivity index (χ2n) is 7.84. The van der Waals surface area contributed by atoms with Crippen LogP contribution in [0.2, 0.25) is 0 Å². The van der Waals surface area contributed by atoms with Crippen LogP contribution in [0.15, 0.2) is 48.1 Å². The number of Topliss-reactive ketones (excluding diaryl/α,β-unsaturated/α-hetero) is 1. The van der Waals surface area contributed by atoms with Gasteiger partial charge in [0.1, 0.15) is 12.6 Å². The van der Waals surface area contributed by atoms with Gasteiger partial charge in [0.2, 0.25) is 5.78 Å². The Kier molecular flexibility index (Phi) is 11.1. The Bertz CT molecular complexity index is 713. The lowest BCUT2D eigenvalue weighted by atomic mass is 9.84. The highest BCUT2D eigenvalue weighted by Gasteiger charge is 2.40. The Balaban J connectivity index is 0.00000218. The van der Waals surface area contributed by atoms with Gasteiger partial charge in [-0.05, 0) is 43.8 Å². The van der Waals surface area contributed by atoms with Gasteiger partial charge in [-0.1, -0.05) is 71.1 Å². The standard InChI is InChI=1S/C23H31NO4.C2H6/c1-4-23(2,3)20(25)21(26)24-16-10-9-15-19(24)22(27)28-17-11-14-18-12-7-5-6-8-13-18;1-2/h5-7,11-14,19H,4,8-10,15-17H2,1-3H3;1-2H3/b14-11+;/t19-;/m0./s1. The molecule has 0 aromatic rings. The topological polar surface area (TPSA) is 63.7 Å². The fraction of sp³-hybridized carbons (Fsp3) is 0.560. The monoisotopic (exact) mass is 415 g/mol. The van der Waals surface area contributed by atoms with Crippen molar-refractivity contribution in [3.63, 3.8) is 0 Å². The van der Waals surface area contributed by atoms with Gasteiger partial charge in [-0.3, -0.25) is 9.59 Å². The third kappa shape index (κ3) is 7.43. The summed E-state index contributed by atoms with van der Waals surface area (Å²) in [5.41, 5.74) is 0.337. The van der Waals surface area contributed by atoms with Gasteiger partial charge in [0, 0.05) is 12.0 Å². The number of ketones is 1. The molecule has 1 aliphatic heterocycles. The van der Waals surface area contributed by atoms with E-state index in [9.17, 15) is 14.4 Å². The van der Waals surface area contributed by atoms with Crippen LogP contribution in [-0.2, 0) is 19.1 Å². The average molecular weight is 416 g/mol. The van der Waals surface area contributed by atoms with E-state index in [1.165, 1.54) is 4.90 Å². The number of nitrogens with zero attached hydrogens (tertiary/aromatic N) is 1. The summed E-state index contributed by atoms with van der Waals surface area (Å²) in [5.74, 6) is -1.44. The normalized spacial score (nSPS) is 18.9. The average Bonchev–Trinajstić information content (AvgIpc) is 3.05. The molecule has 0 N–H and O–H groups in total. The van der Waals surface area contributed by atoms with Gasteiger partial charge in [0.05, 0.1) is 0 Å². The lowest BCUT2D eigenvalue weighted by molar-refractivity contribution is -0.160. The number of ether oxygens (including phenoxy) is 1. The van der Waals surface area contributed by atoms with Crippen LogP contribution in [0.5, 0.6) is 0 Å². The number of piperidine rings is 1. The van der Waals surface area contributed by atoms with Crippen LogP contribution in [0, 0.1) is 5.41 Å². The van der Waals surface area contributed by atoms with E-state index in [-0.39, 0.29) is 6.61 Å². The first-order chi connectivity index (χ1) is 14.4. The fourth-order valence-electron chi connectivity index (χ4n) is 3.13. The third-order valence-corrected chi connectivity index (χ3v) is 5.39. The first-order valence-corrected chi connectivity index (χ1v) is 11.1. The van der Waals surface area contributed by atoms with Gasteiger partial charge < -0.3 is 9.64 Å². The predicted octanol–water partition coefficient (Wildman–Crippen LogP) is 4.94. The summed E-state index contributed by atoms with van der Waals surface area (Å²) in [5, 5.41) is 0. The molecule has 1 saturated heterocycles. The number of amides is 1. The Morgan fingerprint density at radius 1 is 1.20 bits per heavy atom. The van der Waals surface area contributed by atoms with Gasteiger partial charge in [-0.2, -0.15) is 0 Å². The molecule has 1 amide bonds. The minimum absolute atomic E-state index is 0.143. The van der Waals surface area contributed by atoms with Gasteiger partial charge in [0.15, 0.2) is 0 Å².